The van der Waals surface area contributed by atoms with Gasteiger partial charge in [0.2, 0.25) is 0 Å². The molecule has 2 aliphatic heterocycles. The Morgan fingerprint density at radius 3 is 2.47 bits per heavy atom. The zero-order valence-corrected chi connectivity index (χ0v) is 20.1. The quantitative estimate of drug-likeness (QED) is 0.272. The summed E-state index contributed by atoms with van der Waals surface area (Å²) < 4.78 is 11.3. The highest BCUT2D eigenvalue weighted by Gasteiger charge is 2.36. The smallest absolute Gasteiger partial charge is 0.343 e. The predicted octanol–water partition coefficient (Wildman–Crippen LogP) is 5.61. The molecule has 0 aliphatic carbocycles. The van der Waals surface area contributed by atoms with Gasteiger partial charge < -0.3 is 9.47 Å². The van der Waals surface area contributed by atoms with Crippen LogP contribution in [0.2, 0.25) is 0 Å². The Bertz CT molecular complexity index is 1450. The van der Waals surface area contributed by atoms with Crippen LogP contribution < -0.4 is 9.47 Å². The number of esters is 1. The molecule has 2 aliphatic rings. The minimum atomic E-state index is -0.500. The zero-order chi connectivity index (χ0) is 25.1. The van der Waals surface area contributed by atoms with Crippen molar-refractivity contribution in [1.29, 1.82) is 5.41 Å². The van der Waals surface area contributed by atoms with Gasteiger partial charge in [-0.05, 0) is 48.4 Å². The summed E-state index contributed by atoms with van der Waals surface area (Å²) in [5, 5.41) is 11.1. The number of hydrogen-bond donors (Lipinski definition) is 1. The highest BCUT2D eigenvalue weighted by Crippen LogP contribution is 2.38. The molecule has 3 aromatic rings. The fourth-order valence-electron chi connectivity index (χ4n) is 3.78. The van der Waals surface area contributed by atoms with Crippen molar-refractivity contribution in [1.82, 2.24) is 4.90 Å². The van der Waals surface area contributed by atoms with E-state index < -0.39 is 11.9 Å². The molecule has 0 aromatic heterocycles. The van der Waals surface area contributed by atoms with E-state index in [1.54, 1.807) is 53.4 Å². The number of amides is 1. The third kappa shape index (κ3) is 4.58. The Morgan fingerprint density at radius 1 is 1.03 bits per heavy atom. The predicted molar refractivity (Wildman–Crippen MR) is 141 cm³/mol. The molecular weight excluding hydrogens is 474 g/mol. The first-order chi connectivity index (χ1) is 17.5. The number of carbonyl (C=O) groups excluding carboxylic acids is 2. The molecule has 1 N–H and O–H groups in total. The Labute approximate surface area is 212 Å². The second-order valence-electron chi connectivity index (χ2n) is 7.82. The number of ether oxygens (including phenoxy) is 2. The Balaban J connectivity index is 1.44. The molecule has 178 valence electrons. The fraction of sp³-hybridized carbons (Fsp3) is 0.0714. The van der Waals surface area contributed by atoms with Gasteiger partial charge in [-0.2, -0.15) is 4.99 Å². The summed E-state index contributed by atoms with van der Waals surface area (Å²) >= 11 is 1.32. The van der Waals surface area contributed by atoms with Crippen molar-refractivity contribution in [2.75, 3.05) is 6.61 Å². The maximum absolute atomic E-state index is 12.8. The fourth-order valence-corrected chi connectivity index (χ4v) is 4.67. The minimum Gasteiger partial charge on any atom is -0.490 e. The summed E-state index contributed by atoms with van der Waals surface area (Å²) in [6, 6.07) is 23.4. The van der Waals surface area contributed by atoms with Gasteiger partial charge in [-0.3, -0.25) is 15.1 Å². The highest BCUT2D eigenvalue weighted by atomic mass is 32.2. The van der Waals surface area contributed by atoms with Gasteiger partial charge in [0.25, 0.3) is 5.91 Å². The number of amidine groups is 2. The number of nitrogens with zero attached hydrogens (tertiary/aromatic N) is 2. The highest BCUT2D eigenvalue weighted by molar-refractivity contribution is 8.17. The Morgan fingerprint density at radius 2 is 1.75 bits per heavy atom. The number of hydrogen-bond acceptors (Lipinski definition) is 6. The van der Waals surface area contributed by atoms with Crippen LogP contribution in [0.4, 0.5) is 0 Å². The van der Waals surface area contributed by atoms with Gasteiger partial charge in [0.05, 0.1) is 23.4 Å². The van der Waals surface area contributed by atoms with Crippen LogP contribution in [0.5, 0.6) is 11.5 Å². The molecule has 5 rings (SSSR count). The molecule has 0 saturated carbocycles. The van der Waals surface area contributed by atoms with Crippen LogP contribution in [0.3, 0.4) is 0 Å². The summed E-state index contributed by atoms with van der Waals surface area (Å²) in [4.78, 5) is 31.2. The van der Waals surface area contributed by atoms with Gasteiger partial charge in [-0.25, -0.2) is 4.79 Å². The van der Waals surface area contributed by atoms with Crippen molar-refractivity contribution in [2.45, 2.75) is 6.92 Å². The van der Waals surface area contributed by atoms with Crippen molar-refractivity contribution in [2.24, 2.45) is 4.99 Å². The molecule has 0 fully saturated rings. The standard InChI is InChI=1S/C28H21N3O4S/c1-2-34-24-16-18(13-14-23(24)35-27(33)20-11-7-4-8-12-20)15-21-25(29)31-22(19-9-5-3-6-10-19)17-36-28(31)30-26(21)32/h3-17,29H,2H2,1H3/b21-15-,29-25?. The molecule has 0 atom stereocenters. The monoisotopic (exact) mass is 495 g/mol. The topological polar surface area (TPSA) is 92.1 Å². The van der Waals surface area contributed by atoms with Gasteiger partial charge in [0.1, 0.15) is 5.84 Å². The molecule has 1 amide bonds. The number of thioether (sulfide) groups is 1. The van der Waals surface area contributed by atoms with E-state index in [-0.39, 0.29) is 17.2 Å². The maximum Gasteiger partial charge on any atom is 0.343 e. The number of nitrogens with one attached hydrogen (secondary N) is 1. The summed E-state index contributed by atoms with van der Waals surface area (Å²) in [5.41, 5.74) is 2.91. The summed E-state index contributed by atoms with van der Waals surface area (Å²) in [5.74, 6) is -0.317. The number of fused-ring (bicyclic) bond motifs is 1. The summed E-state index contributed by atoms with van der Waals surface area (Å²) in [7, 11) is 0. The third-order valence-electron chi connectivity index (χ3n) is 5.47. The molecule has 2 heterocycles. The van der Waals surface area contributed by atoms with Crippen molar-refractivity contribution in [3.63, 3.8) is 0 Å². The molecule has 0 unspecified atom stereocenters. The first-order valence-electron chi connectivity index (χ1n) is 11.2. The van der Waals surface area contributed by atoms with E-state index in [0.29, 0.717) is 28.7 Å². The van der Waals surface area contributed by atoms with Crippen LogP contribution in [0.1, 0.15) is 28.4 Å². The second-order valence-corrected chi connectivity index (χ2v) is 8.66. The van der Waals surface area contributed by atoms with E-state index in [9.17, 15) is 9.59 Å². The SMILES string of the molecule is CCOc1cc(/C=C2/C(=N)N3C(c4ccccc4)=CSC3=NC2=O)ccc1OC(=O)c1ccccc1. The molecule has 0 saturated heterocycles. The average molecular weight is 496 g/mol. The number of carbonyl (C=O) groups is 2. The molecule has 7 nitrogen and oxygen atoms in total. The molecule has 0 bridgehead atoms. The number of rotatable bonds is 6. The van der Waals surface area contributed by atoms with E-state index in [1.165, 1.54) is 11.8 Å². The van der Waals surface area contributed by atoms with Crippen LogP contribution in [0, 0.1) is 5.41 Å². The van der Waals surface area contributed by atoms with E-state index in [4.69, 9.17) is 14.9 Å². The van der Waals surface area contributed by atoms with Crippen LogP contribution in [-0.2, 0) is 4.79 Å². The molecule has 0 spiro atoms. The number of benzene rings is 3. The normalized spacial score (nSPS) is 15.9. The third-order valence-corrected chi connectivity index (χ3v) is 6.30. The molecule has 3 aromatic carbocycles. The van der Waals surface area contributed by atoms with Gasteiger partial charge in [0, 0.05) is 5.41 Å². The van der Waals surface area contributed by atoms with E-state index >= 15 is 0 Å². The van der Waals surface area contributed by atoms with Crippen LogP contribution in [0.25, 0.3) is 11.8 Å². The lowest BCUT2D eigenvalue weighted by Gasteiger charge is -2.27. The summed E-state index contributed by atoms with van der Waals surface area (Å²) in [6.07, 6.45) is 1.60. The van der Waals surface area contributed by atoms with Crippen molar-refractivity contribution >= 4 is 46.4 Å². The van der Waals surface area contributed by atoms with Crippen molar-refractivity contribution in [3.05, 3.63) is 107 Å². The first-order valence-corrected chi connectivity index (χ1v) is 12.1. The number of aliphatic imine (C=N–C) groups is 1. The Kier molecular flexibility index (Phi) is 6.51. The average Bonchev–Trinajstić information content (AvgIpc) is 3.33. The lowest BCUT2D eigenvalue weighted by molar-refractivity contribution is -0.114. The van der Waals surface area contributed by atoms with Crippen LogP contribution in [-0.4, -0.2) is 34.4 Å². The zero-order valence-electron chi connectivity index (χ0n) is 19.3. The van der Waals surface area contributed by atoms with Gasteiger partial charge in [-0.15, -0.1) is 0 Å². The van der Waals surface area contributed by atoms with Crippen molar-refractivity contribution < 1.29 is 19.1 Å². The van der Waals surface area contributed by atoms with E-state index in [2.05, 4.69) is 4.99 Å². The van der Waals surface area contributed by atoms with Crippen molar-refractivity contribution in [3.8, 4) is 11.5 Å². The minimum absolute atomic E-state index is 0.0441. The molecule has 8 heteroatoms. The summed E-state index contributed by atoms with van der Waals surface area (Å²) in [6.45, 7) is 2.18. The van der Waals surface area contributed by atoms with E-state index in [1.807, 2.05) is 48.7 Å². The maximum atomic E-state index is 12.8. The Hall–Kier alpha value is -4.43. The van der Waals surface area contributed by atoms with Crippen LogP contribution >= 0.6 is 11.8 Å². The second kappa shape index (κ2) is 10.1. The molecular formula is C28H21N3O4S. The van der Waals surface area contributed by atoms with Crippen LogP contribution in [0.15, 0.2) is 94.8 Å². The van der Waals surface area contributed by atoms with Gasteiger partial charge >= 0.3 is 5.97 Å². The van der Waals surface area contributed by atoms with E-state index in [0.717, 1.165) is 11.3 Å². The lowest BCUT2D eigenvalue weighted by Crippen LogP contribution is -2.38. The largest absolute Gasteiger partial charge is 0.490 e. The molecule has 0 radical (unpaired) electrons. The molecule has 36 heavy (non-hydrogen) atoms. The van der Waals surface area contributed by atoms with Gasteiger partial charge in [-0.1, -0.05) is 66.4 Å². The first kappa shape index (κ1) is 23.3. The lowest BCUT2D eigenvalue weighted by atomic mass is 10.1. The van der Waals surface area contributed by atoms with Gasteiger partial charge in [0.15, 0.2) is 16.7 Å².